The fraction of sp³-hybridized carbons (Fsp3) is 0.889. The van der Waals surface area contributed by atoms with Crippen molar-refractivity contribution >= 4 is 28.8 Å². The smallest absolute Gasteiger partial charge is 0.339 e. The van der Waals surface area contributed by atoms with Crippen LogP contribution < -0.4 is 5.32 Å². The van der Waals surface area contributed by atoms with Crippen molar-refractivity contribution in [3.05, 3.63) is 0 Å². The lowest BCUT2D eigenvalue weighted by atomic mass is 10.1. The highest BCUT2D eigenvalue weighted by Gasteiger charge is 2.26. The summed E-state index contributed by atoms with van der Waals surface area (Å²) in [6, 6.07) is -1.23. The van der Waals surface area contributed by atoms with E-state index < -0.39 is 53.7 Å². The molecule has 16 heteroatoms. The average molecular weight is 428 g/mol. The Morgan fingerprint density at radius 3 is 1.72 bits per heavy atom. The molecule has 150 valence electrons. The predicted molar refractivity (Wildman–Crippen MR) is 85.8 cm³/mol. The lowest BCUT2D eigenvalue weighted by molar-refractivity contribution is -0.139. The van der Waals surface area contributed by atoms with E-state index in [1.165, 1.54) is 0 Å². The fourth-order valence-corrected chi connectivity index (χ4v) is 4.07. The molecule has 0 heterocycles. The van der Waals surface area contributed by atoms with Crippen LogP contribution in [0.1, 0.15) is 19.3 Å². The number of carboxylic acid groups (broad SMARTS) is 1. The SMILES string of the molecule is O=C(O)[C@H](CCCCN(CP(=O)(O)O)CP(=O)(O)O)NCP(=O)(O)O. The van der Waals surface area contributed by atoms with Gasteiger partial charge >= 0.3 is 28.8 Å². The monoisotopic (exact) mass is 428 g/mol. The summed E-state index contributed by atoms with van der Waals surface area (Å²) in [5.74, 6) is -1.32. The molecular formula is C9H23N2O11P3. The van der Waals surface area contributed by atoms with E-state index in [9.17, 15) is 18.5 Å². The lowest BCUT2D eigenvalue weighted by Crippen LogP contribution is -2.37. The summed E-state index contributed by atoms with van der Waals surface area (Å²) in [5.41, 5.74) is 0. The minimum Gasteiger partial charge on any atom is -0.480 e. The molecule has 0 saturated carbocycles. The Morgan fingerprint density at radius 1 is 0.880 bits per heavy atom. The normalized spacial score (nSPS) is 14.7. The third-order valence-corrected chi connectivity index (χ3v) is 4.96. The van der Waals surface area contributed by atoms with E-state index in [4.69, 9.17) is 34.5 Å². The largest absolute Gasteiger partial charge is 0.480 e. The van der Waals surface area contributed by atoms with Crippen LogP contribution in [0.5, 0.6) is 0 Å². The number of carbonyl (C=O) groups is 1. The Morgan fingerprint density at radius 2 is 1.36 bits per heavy atom. The molecular weight excluding hydrogens is 405 g/mol. The molecule has 0 fully saturated rings. The van der Waals surface area contributed by atoms with Crippen LogP contribution in [-0.4, -0.2) is 76.8 Å². The first kappa shape index (κ1) is 24.8. The standard InChI is InChI=1S/C9H23N2O11P3/c12-9(13)8(10-5-23(14,15)16)3-1-2-4-11(6-24(17,18)19)7-25(20,21)22/h8,10H,1-7H2,(H,12,13)(H2,14,15,16)(H2,17,18,19)(H2,20,21,22)/t8-/m0/s1. The van der Waals surface area contributed by atoms with E-state index in [0.717, 1.165) is 4.90 Å². The lowest BCUT2D eigenvalue weighted by Gasteiger charge is -2.23. The van der Waals surface area contributed by atoms with Gasteiger partial charge in [-0.25, -0.2) is 0 Å². The predicted octanol–water partition coefficient (Wildman–Crippen LogP) is -1.09. The van der Waals surface area contributed by atoms with Gasteiger partial charge in [0.2, 0.25) is 0 Å². The third kappa shape index (κ3) is 15.8. The fourth-order valence-electron chi connectivity index (χ4n) is 1.93. The molecule has 0 rings (SSSR count). The first-order valence-electron chi connectivity index (χ1n) is 6.91. The van der Waals surface area contributed by atoms with Crippen molar-refractivity contribution in [1.82, 2.24) is 10.2 Å². The molecule has 0 aromatic carbocycles. The summed E-state index contributed by atoms with van der Waals surface area (Å²) in [6.07, 6.45) is -2.19. The Labute approximate surface area is 143 Å². The van der Waals surface area contributed by atoms with Crippen LogP contribution >= 0.6 is 22.8 Å². The minimum atomic E-state index is -4.53. The summed E-state index contributed by atoms with van der Waals surface area (Å²) in [6.45, 7) is -0.0962. The van der Waals surface area contributed by atoms with Crippen LogP contribution in [0.3, 0.4) is 0 Å². The highest BCUT2D eigenvalue weighted by Crippen LogP contribution is 2.40. The molecule has 13 nitrogen and oxygen atoms in total. The molecule has 0 bridgehead atoms. The van der Waals surface area contributed by atoms with Crippen molar-refractivity contribution in [2.45, 2.75) is 25.3 Å². The number of nitrogens with one attached hydrogen (secondary N) is 1. The molecule has 1 atom stereocenters. The summed E-state index contributed by atoms with van der Waals surface area (Å²) in [4.78, 5) is 64.9. The van der Waals surface area contributed by atoms with Crippen molar-refractivity contribution in [2.24, 2.45) is 0 Å². The topological polar surface area (TPSA) is 225 Å². The van der Waals surface area contributed by atoms with Gasteiger partial charge in [0, 0.05) is 0 Å². The maximum atomic E-state index is 11.0. The number of nitrogens with zero attached hydrogens (tertiary/aromatic N) is 1. The van der Waals surface area contributed by atoms with Gasteiger partial charge in [0.15, 0.2) is 0 Å². The van der Waals surface area contributed by atoms with E-state index in [0.29, 0.717) is 0 Å². The van der Waals surface area contributed by atoms with E-state index in [1.807, 2.05) is 0 Å². The van der Waals surface area contributed by atoms with Gasteiger partial charge in [0.05, 0.1) is 6.29 Å². The average Bonchev–Trinajstić information content (AvgIpc) is 2.31. The number of aliphatic carboxylic acids is 1. The van der Waals surface area contributed by atoms with Gasteiger partial charge in [-0.15, -0.1) is 0 Å². The molecule has 0 radical (unpaired) electrons. The van der Waals surface area contributed by atoms with Crippen molar-refractivity contribution in [1.29, 1.82) is 0 Å². The first-order valence-corrected chi connectivity index (χ1v) is 12.3. The molecule has 0 saturated heterocycles. The zero-order chi connectivity index (χ0) is 19.9. The molecule has 0 aliphatic rings. The van der Waals surface area contributed by atoms with Gasteiger partial charge in [0.25, 0.3) is 0 Å². The molecule has 0 spiro atoms. The number of unbranched alkanes of at least 4 members (excludes halogenated alkanes) is 1. The Bertz CT molecular complexity index is 543. The first-order chi connectivity index (χ1) is 11.1. The highest BCUT2D eigenvalue weighted by atomic mass is 31.2. The zero-order valence-corrected chi connectivity index (χ0v) is 15.8. The molecule has 0 aromatic heterocycles. The molecule has 0 unspecified atom stereocenters. The molecule has 0 amide bonds. The summed E-state index contributed by atoms with van der Waals surface area (Å²) in [5, 5.41) is 11.2. The molecule has 25 heavy (non-hydrogen) atoms. The summed E-state index contributed by atoms with van der Waals surface area (Å²) < 4.78 is 32.7. The van der Waals surface area contributed by atoms with Gasteiger partial charge in [-0.1, -0.05) is 6.42 Å². The van der Waals surface area contributed by atoms with E-state index in [2.05, 4.69) is 5.32 Å². The Kier molecular flexibility index (Phi) is 10.2. The van der Waals surface area contributed by atoms with Crippen LogP contribution in [0.15, 0.2) is 0 Å². The second kappa shape index (κ2) is 10.2. The van der Waals surface area contributed by atoms with E-state index >= 15 is 0 Å². The Hall–Kier alpha value is -0.160. The van der Waals surface area contributed by atoms with Crippen molar-refractivity contribution in [3.8, 4) is 0 Å². The van der Waals surface area contributed by atoms with Crippen LogP contribution in [0.25, 0.3) is 0 Å². The van der Waals surface area contributed by atoms with Crippen LogP contribution in [0, 0.1) is 0 Å². The number of hydrogen-bond donors (Lipinski definition) is 8. The van der Waals surface area contributed by atoms with Gasteiger partial charge < -0.3 is 34.5 Å². The molecule has 0 aliphatic carbocycles. The third-order valence-electron chi connectivity index (χ3n) is 2.83. The summed E-state index contributed by atoms with van der Waals surface area (Å²) in [7, 11) is -13.5. The maximum Gasteiger partial charge on any atom is 0.339 e. The quantitative estimate of drug-likeness (QED) is 0.129. The number of rotatable bonds is 13. The second-order valence-corrected chi connectivity index (χ2v) is 10.3. The molecule has 0 aliphatic heterocycles. The number of hydrogen-bond acceptors (Lipinski definition) is 6. The van der Waals surface area contributed by atoms with E-state index in [-0.39, 0.29) is 25.8 Å². The van der Waals surface area contributed by atoms with Crippen LogP contribution in [-0.2, 0) is 18.5 Å². The van der Waals surface area contributed by atoms with Gasteiger partial charge in [0.1, 0.15) is 18.6 Å². The van der Waals surface area contributed by atoms with E-state index in [1.54, 1.807) is 0 Å². The van der Waals surface area contributed by atoms with Gasteiger partial charge in [-0.2, -0.15) is 0 Å². The van der Waals surface area contributed by atoms with Crippen molar-refractivity contribution in [3.63, 3.8) is 0 Å². The Balaban J connectivity index is 4.49. The summed E-state index contributed by atoms with van der Waals surface area (Å²) >= 11 is 0. The molecule has 8 N–H and O–H groups in total. The zero-order valence-electron chi connectivity index (χ0n) is 13.1. The van der Waals surface area contributed by atoms with Crippen molar-refractivity contribution in [2.75, 3.05) is 25.4 Å². The molecule has 0 aromatic rings. The van der Waals surface area contributed by atoms with Crippen molar-refractivity contribution < 1.29 is 53.0 Å². The van der Waals surface area contributed by atoms with Gasteiger partial charge in [-0.05, 0) is 19.4 Å². The van der Waals surface area contributed by atoms with Crippen LogP contribution in [0.4, 0.5) is 0 Å². The number of carboxylic acids is 1. The van der Waals surface area contributed by atoms with Crippen LogP contribution in [0.2, 0.25) is 0 Å². The maximum absolute atomic E-state index is 11.0. The second-order valence-electron chi connectivity index (χ2n) is 5.42. The van der Waals surface area contributed by atoms with Gasteiger partial charge in [-0.3, -0.25) is 28.7 Å². The minimum absolute atomic E-state index is 0.0327. The highest BCUT2D eigenvalue weighted by molar-refractivity contribution is 7.52.